The molecule has 0 saturated heterocycles. The van der Waals surface area contributed by atoms with Crippen LogP contribution in [0.5, 0.6) is 5.75 Å². The summed E-state index contributed by atoms with van der Waals surface area (Å²) < 4.78 is 6.79. The molecular formula is C15H15N5O4. The molecule has 2 aromatic rings. The van der Waals surface area contributed by atoms with Gasteiger partial charge in [-0.05, 0) is 6.07 Å². The molecule has 0 bridgehead atoms. The second-order valence-electron chi connectivity index (χ2n) is 4.96. The molecule has 1 aromatic carbocycles. The number of rotatable bonds is 6. The van der Waals surface area contributed by atoms with Crippen molar-refractivity contribution in [1.82, 2.24) is 19.7 Å². The average molecular weight is 329 g/mol. The van der Waals surface area contributed by atoms with Crippen LogP contribution in [0.25, 0.3) is 5.69 Å². The van der Waals surface area contributed by atoms with Crippen molar-refractivity contribution >= 4 is 17.5 Å². The topological polar surface area (TPSA) is 110 Å². The lowest BCUT2D eigenvalue weighted by molar-refractivity contribution is -0.137. The van der Waals surface area contributed by atoms with E-state index in [0.29, 0.717) is 17.1 Å². The molecule has 0 spiro atoms. The van der Waals surface area contributed by atoms with Crippen molar-refractivity contribution in [2.45, 2.75) is 0 Å². The van der Waals surface area contributed by atoms with Crippen LogP contribution in [0.15, 0.2) is 42.6 Å². The second kappa shape index (κ2) is 6.50. The number of imide groups is 1. The lowest BCUT2D eigenvalue weighted by Gasteiger charge is -2.14. The van der Waals surface area contributed by atoms with Crippen molar-refractivity contribution in [3.63, 3.8) is 0 Å². The number of anilines is 1. The van der Waals surface area contributed by atoms with E-state index >= 15 is 0 Å². The van der Waals surface area contributed by atoms with Crippen molar-refractivity contribution < 1.29 is 19.4 Å². The summed E-state index contributed by atoms with van der Waals surface area (Å²) in [6, 6.07) is 5.19. The standard InChI is InChI=1S/C15H15N5O4/c1-24-12-5-10(4-11(6-12)20-9-16-8-17-20)18-13-7-14(22)19(2-3-21)15(13)23/h4-9,18,21H,2-3H2,1H3. The first-order valence-corrected chi connectivity index (χ1v) is 7.12. The van der Waals surface area contributed by atoms with Crippen LogP contribution < -0.4 is 10.1 Å². The van der Waals surface area contributed by atoms with Crippen LogP contribution in [0, 0.1) is 0 Å². The number of aliphatic hydroxyl groups excluding tert-OH is 1. The van der Waals surface area contributed by atoms with Crippen molar-refractivity contribution in [2.24, 2.45) is 0 Å². The molecule has 124 valence electrons. The second-order valence-corrected chi connectivity index (χ2v) is 4.96. The zero-order chi connectivity index (χ0) is 17.1. The van der Waals surface area contributed by atoms with E-state index in [0.717, 1.165) is 4.90 Å². The molecule has 0 atom stereocenters. The SMILES string of the molecule is COc1cc(NC2=CC(=O)N(CCO)C2=O)cc(-n2cncn2)c1. The predicted octanol–water partition coefficient (Wildman–Crippen LogP) is -0.0672. The Labute approximate surface area is 137 Å². The van der Waals surface area contributed by atoms with Gasteiger partial charge in [-0.25, -0.2) is 9.67 Å². The maximum atomic E-state index is 12.2. The highest BCUT2D eigenvalue weighted by Crippen LogP contribution is 2.25. The minimum atomic E-state index is -0.487. The highest BCUT2D eigenvalue weighted by Gasteiger charge is 2.30. The lowest BCUT2D eigenvalue weighted by atomic mass is 10.2. The third-order valence-electron chi connectivity index (χ3n) is 3.42. The number of hydrogen-bond donors (Lipinski definition) is 2. The normalized spacial score (nSPS) is 14.1. The smallest absolute Gasteiger partial charge is 0.277 e. The van der Waals surface area contributed by atoms with E-state index in [1.165, 1.54) is 25.8 Å². The summed E-state index contributed by atoms with van der Waals surface area (Å²) in [5, 5.41) is 15.9. The third kappa shape index (κ3) is 2.97. The number of aromatic nitrogens is 3. The lowest BCUT2D eigenvalue weighted by Crippen LogP contribution is -2.34. The van der Waals surface area contributed by atoms with Crippen molar-refractivity contribution in [3.8, 4) is 11.4 Å². The van der Waals surface area contributed by atoms with Crippen molar-refractivity contribution in [2.75, 3.05) is 25.6 Å². The number of ether oxygens (including phenoxy) is 1. The maximum absolute atomic E-state index is 12.2. The molecule has 2 heterocycles. The summed E-state index contributed by atoms with van der Waals surface area (Å²) in [7, 11) is 1.52. The highest BCUT2D eigenvalue weighted by atomic mass is 16.5. The first kappa shape index (κ1) is 15.7. The van der Waals surface area contributed by atoms with E-state index in [2.05, 4.69) is 15.4 Å². The molecule has 0 aliphatic carbocycles. The van der Waals surface area contributed by atoms with Gasteiger partial charge < -0.3 is 15.2 Å². The van der Waals surface area contributed by atoms with E-state index in [1.54, 1.807) is 22.9 Å². The molecule has 1 aromatic heterocycles. The maximum Gasteiger partial charge on any atom is 0.277 e. The van der Waals surface area contributed by atoms with Crippen LogP contribution in [0.1, 0.15) is 0 Å². The zero-order valence-corrected chi connectivity index (χ0v) is 12.8. The van der Waals surface area contributed by atoms with Gasteiger partial charge in [0.1, 0.15) is 24.1 Å². The third-order valence-corrected chi connectivity index (χ3v) is 3.42. The molecule has 0 fully saturated rings. The largest absolute Gasteiger partial charge is 0.497 e. The molecule has 24 heavy (non-hydrogen) atoms. The van der Waals surface area contributed by atoms with Crippen molar-refractivity contribution in [3.05, 3.63) is 42.6 Å². The number of methoxy groups -OCH3 is 1. The Hall–Kier alpha value is -3.20. The molecule has 1 aliphatic rings. The number of aliphatic hydroxyl groups is 1. The van der Waals surface area contributed by atoms with Gasteiger partial charge in [-0.1, -0.05) is 0 Å². The van der Waals surface area contributed by atoms with Crippen LogP contribution in [-0.2, 0) is 9.59 Å². The first-order valence-electron chi connectivity index (χ1n) is 7.12. The van der Waals surface area contributed by atoms with Crippen LogP contribution in [0.2, 0.25) is 0 Å². The first-order chi connectivity index (χ1) is 11.6. The van der Waals surface area contributed by atoms with Gasteiger partial charge >= 0.3 is 0 Å². The number of hydrogen-bond acceptors (Lipinski definition) is 7. The van der Waals surface area contributed by atoms with Crippen LogP contribution in [-0.4, -0.2) is 56.8 Å². The zero-order valence-electron chi connectivity index (χ0n) is 12.8. The van der Waals surface area contributed by atoms with Crippen LogP contribution >= 0.6 is 0 Å². The molecule has 3 rings (SSSR count). The van der Waals surface area contributed by atoms with E-state index in [-0.39, 0.29) is 18.8 Å². The highest BCUT2D eigenvalue weighted by molar-refractivity contribution is 6.17. The summed E-state index contributed by atoms with van der Waals surface area (Å²) in [5.41, 5.74) is 1.36. The molecule has 9 nitrogen and oxygen atoms in total. The number of benzene rings is 1. The molecule has 2 amide bonds. The van der Waals surface area contributed by atoms with Crippen molar-refractivity contribution in [1.29, 1.82) is 0 Å². The monoisotopic (exact) mass is 329 g/mol. The van der Waals surface area contributed by atoms with Crippen LogP contribution in [0.3, 0.4) is 0 Å². The molecule has 9 heteroatoms. The van der Waals surface area contributed by atoms with E-state index in [9.17, 15) is 9.59 Å². The minimum Gasteiger partial charge on any atom is -0.497 e. The van der Waals surface area contributed by atoms with Gasteiger partial charge in [0, 0.05) is 23.9 Å². The Bertz CT molecular complexity index is 800. The van der Waals surface area contributed by atoms with Gasteiger partial charge in [0.05, 0.1) is 25.9 Å². The molecule has 0 saturated carbocycles. The average Bonchev–Trinajstić information content (AvgIpc) is 3.20. The predicted molar refractivity (Wildman–Crippen MR) is 83.4 cm³/mol. The Morgan fingerprint density at radius 1 is 1.29 bits per heavy atom. The quantitative estimate of drug-likeness (QED) is 0.714. The summed E-state index contributed by atoms with van der Waals surface area (Å²) in [4.78, 5) is 28.8. The van der Waals surface area contributed by atoms with Gasteiger partial charge in [-0.15, -0.1) is 0 Å². The van der Waals surface area contributed by atoms with E-state index in [4.69, 9.17) is 9.84 Å². The summed E-state index contributed by atoms with van der Waals surface area (Å²) >= 11 is 0. The van der Waals surface area contributed by atoms with E-state index in [1.807, 2.05) is 0 Å². The van der Waals surface area contributed by atoms with Gasteiger partial charge in [0.25, 0.3) is 11.8 Å². The fourth-order valence-corrected chi connectivity index (χ4v) is 2.31. The number of carbonyl (C=O) groups is 2. The van der Waals surface area contributed by atoms with Gasteiger partial charge in [-0.3, -0.25) is 14.5 Å². The fraction of sp³-hybridized carbons (Fsp3) is 0.200. The molecule has 2 N–H and O–H groups in total. The van der Waals surface area contributed by atoms with E-state index < -0.39 is 11.8 Å². The number of nitrogens with zero attached hydrogens (tertiary/aromatic N) is 4. The fourth-order valence-electron chi connectivity index (χ4n) is 2.31. The Morgan fingerprint density at radius 2 is 2.12 bits per heavy atom. The van der Waals surface area contributed by atoms with Gasteiger partial charge in [-0.2, -0.15) is 5.10 Å². The molecular weight excluding hydrogens is 314 g/mol. The summed E-state index contributed by atoms with van der Waals surface area (Å²) in [6.45, 7) is -0.324. The number of amides is 2. The van der Waals surface area contributed by atoms with Gasteiger partial charge in [0.2, 0.25) is 0 Å². The molecule has 0 unspecified atom stereocenters. The van der Waals surface area contributed by atoms with Gasteiger partial charge in [0.15, 0.2) is 0 Å². The molecule has 0 radical (unpaired) electrons. The molecule has 1 aliphatic heterocycles. The van der Waals surface area contributed by atoms with Crippen LogP contribution in [0.4, 0.5) is 5.69 Å². The number of nitrogens with one attached hydrogen (secondary N) is 1. The number of carbonyl (C=O) groups excluding carboxylic acids is 2. The summed E-state index contributed by atoms with van der Waals surface area (Å²) in [5.74, 6) is -0.398. The summed E-state index contributed by atoms with van der Waals surface area (Å²) in [6.07, 6.45) is 4.14. The Morgan fingerprint density at radius 3 is 2.79 bits per heavy atom. The number of β-amino-alcohol motifs (C(OH)–C–C–N with tert-alkyl or cyclic N) is 1. The minimum absolute atomic E-state index is 0.0400. The Balaban J connectivity index is 1.88. The Kier molecular flexibility index (Phi) is 4.25.